The monoisotopic (exact) mass is 312 g/mol. The lowest BCUT2D eigenvalue weighted by Crippen LogP contribution is -2.31. The number of carbonyl (C=O) groups excluding carboxylic acids is 1. The minimum Gasteiger partial charge on any atom is -0.326 e. The highest BCUT2D eigenvalue weighted by Crippen LogP contribution is 2.58. The SMILES string of the molecule is Cc1c(NC(=O)C2CC23CCNCC3)cccc1C(F)(F)F. The molecule has 0 aromatic heterocycles. The van der Waals surface area contributed by atoms with E-state index >= 15 is 0 Å². The van der Waals surface area contributed by atoms with E-state index in [1.54, 1.807) is 0 Å². The van der Waals surface area contributed by atoms with Gasteiger partial charge in [0.2, 0.25) is 5.91 Å². The van der Waals surface area contributed by atoms with Crippen LogP contribution in [0.25, 0.3) is 0 Å². The summed E-state index contributed by atoms with van der Waals surface area (Å²) in [4.78, 5) is 12.3. The van der Waals surface area contributed by atoms with Crippen molar-refractivity contribution in [1.29, 1.82) is 0 Å². The molecule has 1 aliphatic carbocycles. The minimum absolute atomic E-state index is 0.0662. The van der Waals surface area contributed by atoms with Gasteiger partial charge in [0.1, 0.15) is 0 Å². The maximum atomic E-state index is 12.9. The van der Waals surface area contributed by atoms with Crippen LogP contribution >= 0.6 is 0 Å². The lowest BCUT2D eigenvalue weighted by Gasteiger charge is -2.23. The van der Waals surface area contributed by atoms with Gasteiger partial charge in [-0.15, -0.1) is 0 Å². The molecule has 6 heteroatoms. The predicted molar refractivity (Wildman–Crippen MR) is 77.5 cm³/mol. The van der Waals surface area contributed by atoms with E-state index in [1.165, 1.54) is 19.1 Å². The number of anilines is 1. The van der Waals surface area contributed by atoms with Crippen LogP contribution in [-0.2, 0) is 11.0 Å². The third kappa shape index (κ3) is 2.72. The van der Waals surface area contributed by atoms with Crippen molar-refractivity contribution in [3.63, 3.8) is 0 Å². The highest BCUT2D eigenvalue weighted by molar-refractivity contribution is 5.95. The van der Waals surface area contributed by atoms with Gasteiger partial charge in [0.25, 0.3) is 0 Å². The molecule has 0 radical (unpaired) electrons. The number of nitrogens with one attached hydrogen (secondary N) is 2. The number of amides is 1. The Hall–Kier alpha value is -1.56. The topological polar surface area (TPSA) is 41.1 Å². The fourth-order valence-corrected chi connectivity index (χ4v) is 3.49. The number of benzene rings is 1. The van der Waals surface area contributed by atoms with Gasteiger partial charge in [-0.25, -0.2) is 0 Å². The number of halogens is 3. The quantitative estimate of drug-likeness (QED) is 0.879. The van der Waals surface area contributed by atoms with Crippen LogP contribution in [0, 0.1) is 18.3 Å². The van der Waals surface area contributed by atoms with E-state index in [1.807, 2.05) is 0 Å². The number of hydrogen-bond donors (Lipinski definition) is 2. The van der Waals surface area contributed by atoms with Gasteiger partial charge >= 0.3 is 6.18 Å². The summed E-state index contributed by atoms with van der Waals surface area (Å²) in [6.07, 6.45) is -1.63. The third-order valence-electron chi connectivity index (χ3n) is 5.00. The number of carbonyl (C=O) groups is 1. The summed E-state index contributed by atoms with van der Waals surface area (Å²) in [6, 6.07) is 3.90. The van der Waals surface area contributed by atoms with E-state index < -0.39 is 11.7 Å². The summed E-state index contributed by atoms with van der Waals surface area (Å²) in [5, 5.41) is 5.96. The molecule has 1 aliphatic heterocycles. The molecule has 1 unspecified atom stereocenters. The molecule has 1 saturated carbocycles. The molecule has 0 bridgehead atoms. The highest BCUT2D eigenvalue weighted by Gasteiger charge is 2.57. The zero-order valence-electron chi connectivity index (χ0n) is 12.4. The fourth-order valence-electron chi connectivity index (χ4n) is 3.49. The lowest BCUT2D eigenvalue weighted by atomic mass is 9.91. The van der Waals surface area contributed by atoms with Gasteiger partial charge in [0.15, 0.2) is 0 Å². The maximum Gasteiger partial charge on any atom is 0.416 e. The van der Waals surface area contributed by atoms with Gasteiger partial charge < -0.3 is 10.6 Å². The molecule has 120 valence electrons. The van der Waals surface area contributed by atoms with Gasteiger partial charge in [-0.05, 0) is 62.4 Å². The summed E-state index contributed by atoms with van der Waals surface area (Å²) in [6.45, 7) is 3.21. The van der Waals surface area contributed by atoms with Crippen molar-refractivity contribution in [2.45, 2.75) is 32.4 Å². The van der Waals surface area contributed by atoms with E-state index in [-0.39, 0.29) is 28.5 Å². The number of hydrogen-bond acceptors (Lipinski definition) is 2. The summed E-state index contributed by atoms with van der Waals surface area (Å²) in [7, 11) is 0. The first-order valence-corrected chi connectivity index (χ1v) is 7.52. The molecule has 3 rings (SSSR count). The van der Waals surface area contributed by atoms with Gasteiger partial charge in [-0.3, -0.25) is 4.79 Å². The zero-order valence-corrected chi connectivity index (χ0v) is 12.4. The molecule has 22 heavy (non-hydrogen) atoms. The summed E-state index contributed by atoms with van der Waals surface area (Å²) < 4.78 is 38.7. The third-order valence-corrected chi connectivity index (χ3v) is 5.00. The highest BCUT2D eigenvalue weighted by atomic mass is 19.4. The van der Waals surface area contributed by atoms with Gasteiger partial charge in [0.05, 0.1) is 5.56 Å². The van der Waals surface area contributed by atoms with Crippen LogP contribution in [0.1, 0.15) is 30.4 Å². The molecule has 1 aromatic carbocycles. The van der Waals surface area contributed by atoms with Crippen molar-refractivity contribution in [3.05, 3.63) is 29.3 Å². The van der Waals surface area contributed by atoms with Crippen LogP contribution in [0.4, 0.5) is 18.9 Å². The molecule has 3 nitrogen and oxygen atoms in total. The Balaban J connectivity index is 1.73. The molecular weight excluding hydrogens is 293 g/mol. The second-order valence-electron chi connectivity index (χ2n) is 6.33. The Labute approximate surface area is 127 Å². The molecule has 1 heterocycles. The summed E-state index contributed by atoms with van der Waals surface area (Å²) >= 11 is 0. The molecule has 2 N–H and O–H groups in total. The summed E-state index contributed by atoms with van der Waals surface area (Å²) in [5.74, 6) is -0.215. The van der Waals surface area contributed by atoms with Crippen LogP contribution < -0.4 is 10.6 Å². The van der Waals surface area contributed by atoms with Crippen LogP contribution in [0.3, 0.4) is 0 Å². The van der Waals surface area contributed by atoms with Crippen molar-refractivity contribution >= 4 is 11.6 Å². The molecule has 2 fully saturated rings. The smallest absolute Gasteiger partial charge is 0.326 e. The average molecular weight is 312 g/mol. The van der Waals surface area contributed by atoms with Crippen LogP contribution in [0.15, 0.2) is 18.2 Å². The van der Waals surface area contributed by atoms with Gasteiger partial charge in [-0.1, -0.05) is 6.07 Å². The Bertz CT molecular complexity index is 592. The molecule has 1 saturated heterocycles. The normalized spacial score (nSPS) is 23.4. The molecule has 1 aromatic rings. The number of rotatable bonds is 2. The first-order valence-electron chi connectivity index (χ1n) is 7.52. The van der Waals surface area contributed by atoms with Crippen LogP contribution in [0.5, 0.6) is 0 Å². The van der Waals surface area contributed by atoms with Crippen molar-refractivity contribution in [2.24, 2.45) is 11.3 Å². The molecule has 1 amide bonds. The predicted octanol–water partition coefficient (Wildman–Crippen LogP) is 3.34. The standard InChI is InChI=1S/C16H19F3N2O/c1-10-11(16(17,18)19)3-2-4-13(10)21-14(22)12-9-15(12)5-7-20-8-6-15/h2-4,12,20H,5-9H2,1H3,(H,21,22). The van der Waals surface area contributed by atoms with E-state index in [0.717, 1.165) is 38.4 Å². The molecular formula is C16H19F3N2O. The Morgan fingerprint density at radius 1 is 1.32 bits per heavy atom. The largest absolute Gasteiger partial charge is 0.416 e. The lowest BCUT2D eigenvalue weighted by molar-refractivity contribution is -0.138. The zero-order chi connectivity index (χ0) is 16.0. The van der Waals surface area contributed by atoms with E-state index in [2.05, 4.69) is 10.6 Å². The minimum atomic E-state index is -4.40. The van der Waals surface area contributed by atoms with Gasteiger partial charge in [0, 0.05) is 11.6 Å². The first kappa shape index (κ1) is 15.3. The van der Waals surface area contributed by atoms with Crippen molar-refractivity contribution in [3.8, 4) is 0 Å². The number of alkyl halides is 3. The maximum absolute atomic E-state index is 12.9. The molecule has 1 spiro atoms. The second kappa shape index (κ2) is 5.26. The second-order valence-corrected chi connectivity index (χ2v) is 6.33. The van der Waals surface area contributed by atoms with Crippen molar-refractivity contribution in [1.82, 2.24) is 5.32 Å². The Kier molecular flexibility index (Phi) is 3.67. The van der Waals surface area contributed by atoms with E-state index in [0.29, 0.717) is 0 Å². The van der Waals surface area contributed by atoms with E-state index in [9.17, 15) is 18.0 Å². The number of piperidine rings is 1. The van der Waals surface area contributed by atoms with Gasteiger partial charge in [-0.2, -0.15) is 13.2 Å². The molecule has 2 aliphatic rings. The fraction of sp³-hybridized carbons (Fsp3) is 0.562. The van der Waals surface area contributed by atoms with Crippen LogP contribution in [-0.4, -0.2) is 19.0 Å². The Morgan fingerprint density at radius 2 is 2.00 bits per heavy atom. The average Bonchev–Trinajstić information content (AvgIpc) is 3.14. The van der Waals surface area contributed by atoms with Crippen molar-refractivity contribution in [2.75, 3.05) is 18.4 Å². The van der Waals surface area contributed by atoms with Crippen LogP contribution in [0.2, 0.25) is 0 Å². The van der Waals surface area contributed by atoms with Crippen molar-refractivity contribution < 1.29 is 18.0 Å². The van der Waals surface area contributed by atoms with E-state index in [4.69, 9.17) is 0 Å². The molecule has 1 atom stereocenters. The first-order chi connectivity index (χ1) is 10.3. The summed E-state index contributed by atoms with van der Waals surface area (Å²) in [5.41, 5.74) is -0.290. The Morgan fingerprint density at radius 3 is 2.64 bits per heavy atom.